The number of hydrogen-bond donors (Lipinski definition) is 1. The van der Waals surface area contributed by atoms with Crippen molar-refractivity contribution in [2.45, 2.75) is 38.0 Å². The van der Waals surface area contributed by atoms with Gasteiger partial charge in [0.1, 0.15) is 18.0 Å². The zero-order valence-corrected chi connectivity index (χ0v) is 11.9. The lowest BCUT2D eigenvalue weighted by atomic mass is 10.0. The van der Waals surface area contributed by atoms with Crippen molar-refractivity contribution in [3.05, 3.63) is 24.0 Å². The minimum absolute atomic E-state index is 0.178. The third-order valence-electron chi connectivity index (χ3n) is 4.16. The zero-order valence-electron chi connectivity index (χ0n) is 11.9. The fourth-order valence-corrected chi connectivity index (χ4v) is 3.09. The van der Waals surface area contributed by atoms with E-state index in [0.717, 1.165) is 25.3 Å². The summed E-state index contributed by atoms with van der Waals surface area (Å²) in [5.41, 5.74) is 0.763. The Morgan fingerprint density at radius 3 is 3.30 bits per heavy atom. The Morgan fingerprint density at radius 2 is 2.45 bits per heavy atom. The van der Waals surface area contributed by atoms with E-state index in [1.54, 1.807) is 12.4 Å². The highest BCUT2D eigenvalue weighted by molar-refractivity contribution is 5.26. The first-order valence-electron chi connectivity index (χ1n) is 7.39. The van der Waals surface area contributed by atoms with Crippen molar-refractivity contribution in [3.63, 3.8) is 0 Å². The van der Waals surface area contributed by atoms with Gasteiger partial charge in [-0.3, -0.25) is 9.88 Å². The van der Waals surface area contributed by atoms with E-state index in [0.29, 0.717) is 18.4 Å². The van der Waals surface area contributed by atoms with Gasteiger partial charge in [-0.25, -0.2) is 0 Å². The molecule has 1 aromatic heterocycles. The minimum Gasteiger partial charge on any atom is -0.492 e. The van der Waals surface area contributed by atoms with Gasteiger partial charge < -0.3 is 14.6 Å². The SMILES string of the molecule is CCOc1cncc(C(O)C2CN3CCCC3CO2)c1. The number of aliphatic hydroxyl groups excluding tert-OH is 1. The third-order valence-corrected chi connectivity index (χ3v) is 4.16. The van der Waals surface area contributed by atoms with E-state index in [4.69, 9.17) is 9.47 Å². The molecule has 1 N–H and O–H groups in total. The highest BCUT2D eigenvalue weighted by atomic mass is 16.5. The summed E-state index contributed by atoms with van der Waals surface area (Å²) in [5, 5.41) is 10.5. The number of hydrogen-bond acceptors (Lipinski definition) is 5. The summed E-state index contributed by atoms with van der Waals surface area (Å²) in [6, 6.07) is 2.40. The molecule has 2 saturated heterocycles. The summed E-state index contributed by atoms with van der Waals surface area (Å²) in [5.74, 6) is 0.693. The molecule has 0 aromatic carbocycles. The molecular formula is C15H22N2O3. The highest BCUT2D eigenvalue weighted by Gasteiger charge is 2.35. The molecule has 0 spiro atoms. The van der Waals surface area contributed by atoms with Crippen LogP contribution < -0.4 is 4.74 Å². The molecule has 3 rings (SSSR count). The standard InChI is InChI=1S/C15H22N2O3/c1-2-19-13-6-11(7-16-8-13)15(18)14-9-17-5-3-4-12(17)10-20-14/h6-8,12,14-15,18H,2-5,9-10H2,1H3. The number of rotatable bonds is 4. The Labute approximate surface area is 119 Å². The van der Waals surface area contributed by atoms with Crippen molar-refractivity contribution in [3.8, 4) is 5.75 Å². The van der Waals surface area contributed by atoms with Crippen LogP contribution in [0.2, 0.25) is 0 Å². The summed E-state index contributed by atoms with van der Waals surface area (Å²) in [6.07, 6.45) is 4.97. The van der Waals surface area contributed by atoms with Crippen LogP contribution in [-0.2, 0) is 4.74 Å². The van der Waals surface area contributed by atoms with Crippen molar-refractivity contribution in [1.29, 1.82) is 0 Å². The largest absolute Gasteiger partial charge is 0.492 e. The van der Waals surface area contributed by atoms with E-state index in [2.05, 4.69) is 9.88 Å². The molecule has 5 heteroatoms. The van der Waals surface area contributed by atoms with Crippen LogP contribution in [0.5, 0.6) is 5.75 Å². The average molecular weight is 278 g/mol. The van der Waals surface area contributed by atoms with Gasteiger partial charge in [-0.15, -0.1) is 0 Å². The summed E-state index contributed by atoms with van der Waals surface area (Å²) in [7, 11) is 0. The molecule has 3 heterocycles. The Hall–Kier alpha value is -1.17. The van der Waals surface area contributed by atoms with Gasteiger partial charge in [-0.2, -0.15) is 0 Å². The van der Waals surface area contributed by atoms with Crippen molar-refractivity contribution in [2.24, 2.45) is 0 Å². The monoisotopic (exact) mass is 278 g/mol. The molecule has 3 unspecified atom stereocenters. The van der Waals surface area contributed by atoms with E-state index >= 15 is 0 Å². The number of pyridine rings is 1. The summed E-state index contributed by atoms with van der Waals surface area (Å²) in [6.45, 7) is 5.16. The van der Waals surface area contributed by atoms with E-state index in [-0.39, 0.29) is 6.10 Å². The van der Waals surface area contributed by atoms with Gasteiger partial charge in [-0.05, 0) is 32.4 Å². The van der Waals surface area contributed by atoms with Crippen LogP contribution in [0.1, 0.15) is 31.4 Å². The van der Waals surface area contributed by atoms with Gasteiger partial charge in [0.25, 0.3) is 0 Å². The molecule has 0 aliphatic carbocycles. The summed E-state index contributed by atoms with van der Waals surface area (Å²) < 4.78 is 11.3. The second-order valence-corrected chi connectivity index (χ2v) is 5.49. The molecule has 0 radical (unpaired) electrons. The number of aliphatic hydroxyl groups is 1. The predicted molar refractivity (Wildman–Crippen MR) is 74.7 cm³/mol. The van der Waals surface area contributed by atoms with Crippen molar-refractivity contribution < 1.29 is 14.6 Å². The van der Waals surface area contributed by atoms with Gasteiger partial charge in [0.15, 0.2) is 0 Å². The summed E-state index contributed by atoms with van der Waals surface area (Å²) in [4.78, 5) is 6.56. The topological polar surface area (TPSA) is 54.8 Å². The average Bonchev–Trinajstić information content (AvgIpc) is 2.94. The number of morpholine rings is 1. The molecule has 2 aliphatic rings. The van der Waals surface area contributed by atoms with Crippen molar-refractivity contribution in [2.75, 3.05) is 26.3 Å². The van der Waals surface area contributed by atoms with E-state index in [1.807, 2.05) is 13.0 Å². The molecule has 3 atom stereocenters. The quantitative estimate of drug-likeness (QED) is 0.901. The Kier molecular flexibility index (Phi) is 4.19. The highest BCUT2D eigenvalue weighted by Crippen LogP contribution is 2.29. The number of ether oxygens (including phenoxy) is 2. The normalized spacial score (nSPS) is 28.1. The first-order valence-corrected chi connectivity index (χ1v) is 7.39. The predicted octanol–water partition coefficient (Wildman–Crippen LogP) is 1.38. The van der Waals surface area contributed by atoms with Crippen LogP contribution in [0.3, 0.4) is 0 Å². The number of nitrogens with zero attached hydrogens (tertiary/aromatic N) is 2. The van der Waals surface area contributed by atoms with Crippen LogP contribution in [0.4, 0.5) is 0 Å². The molecule has 0 amide bonds. The lowest BCUT2D eigenvalue weighted by Crippen LogP contribution is -2.48. The second kappa shape index (κ2) is 6.08. The lowest BCUT2D eigenvalue weighted by Gasteiger charge is -2.37. The molecule has 0 saturated carbocycles. The molecule has 2 fully saturated rings. The maximum absolute atomic E-state index is 10.5. The van der Waals surface area contributed by atoms with Gasteiger partial charge >= 0.3 is 0 Å². The molecule has 1 aromatic rings. The smallest absolute Gasteiger partial charge is 0.137 e. The van der Waals surface area contributed by atoms with Gasteiger partial charge in [0.2, 0.25) is 0 Å². The fraction of sp³-hybridized carbons (Fsp3) is 0.667. The Balaban J connectivity index is 1.68. The van der Waals surface area contributed by atoms with Crippen LogP contribution in [0.25, 0.3) is 0 Å². The van der Waals surface area contributed by atoms with Crippen molar-refractivity contribution >= 4 is 0 Å². The third kappa shape index (κ3) is 2.80. The van der Waals surface area contributed by atoms with Gasteiger partial charge in [0, 0.05) is 24.3 Å². The number of fused-ring (bicyclic) bond motifs is 1. The van der Waals surface area contributed by atoms with E-state index < -0.39 is 6.10 Å². The van der Waals surface area contributed by atoms with Gasteiger partial charge in [0.05, 0.1) is 19.4 Å². The lowest BCUT2D eigenvalue weighted by molar-refractivity contribution is -0.103. The van der Waals surface area contributed by atoms with Crippen molar-refractivity contribution in [1.82, 2.24) is 9.88 Å². The zero-order chi connectivity index (χ0) is 13.9. The molecule has 5 nitrogen and oxygen atoms in total. The molecular weight excluding hydrogens is 256 g/mol. The van der Waals surface area contributed by atoms with Gasteiger partial charge in [-0.1, -0.05) is 0 Å². The van der Waals surface area contributed by atoms with Crippen LogP contribution in [0.15, 0.2) is 18.5 Å². The van der Waals surface area contributed by atoms with Crippen LogP contribution >= 0.6 is 0 Å². The molecule has 0 bridgehead atoms. The fourth-order valence-electron chi connectivity index (χ4n) is 3.09. The first kappa shape index (κ1) is 13.8. The molecule has 2 aliphatic heterocycles. The minimum atomic E-state index is -0.649. The maximum atomic E-state index is 10.5. The second-order valence-electron chi connectivity index (χ2n) is 5.49. The first-order chi connectivity index (χ1) is 9.78. The van der Waals surface area contributed by atoms with Crippen LogP contribution in [0, 0.1) is 0 Å². The van der Waals surface area contributed by atoms with Crippen LogP contribution in [-0.4, -0.2) is 53.4 Å². The Morgan fingerprint density at radius 1 is 1.55 bits per heavy atom. The Bertz CT molecular complexity index is 454. The maximum Gasteiger partial charge on any atom is 0.137 e. The molecule has 20 heavy (non-hydrogen) atoms. The van der Waals surface area contributed by atoms with E-state index in [9.17, 15) is 5.11 Å². The summed E-state index contributed by atoms with van der Waals surface area (Å²) >= 11 is 0. The van der Waals surface area contributed by atoms with E-state index in [1.165, 1.54) is 12.8 Å². The number of aromatic nitrogens is 1. The molecule has 110 valence electrons.